The zero-order chi connectivity index (χ0) is 11.4. The second-order valence-electron chi connectivity index (χ2n) is 4.55. The standard InChI is InChI=1S/C13H21NO/c1-9(2)13(8-15)14-12-6-10(3)5-11(4)7-12/h5-7,9,13-15H,8H2,1-4H3. The third kappa shape index (κ3) is 3.56. The Morgan fingerprint density at radius 1 is 1.13 bits per heavy atom. The largest absolute Gasteiger partial charge is 0.394 e. The summed E-state index contributed by atoms with van der Waals surface area (Å²) in [5.74, 6) is 0.427. The molecule has 84 valence electrons. The normalized spacial score (nSPS) is 12.9. The predicted molar refractivity (Wildman–Crippen MR) is 65.3 cm³/mol. The summed E-state index contributed by atoms with van der Waals surface area (Å²) in [5.41, 5.74) is 3.59. The summed E-state index contributed by atoms with van der Waals surface area (Å²) in [6.07, 6.45) is 0. The maximum absolute atomic E-state index is 9.23. The lowest BCUT2D eigenvalue weighted by Crippen LogP contribution is -2.29. The molecule has 0 aliphatic carbocycles. The minimum Gasteiger partial charge on any atom is -0.394 e. The Bertz CT molecular complexity index is 300. The van der Waals surface area contributed by atoms with Gasteiger partial charge in [0.25, 0.3) is 0 Å². The molecule has 2 N–H and O–H groups in total. The molecular formula is C13H21NO. The van der Waals surface area contributed by atoms with Crippen LogP contribution >= 0.6 is 0 Å². The van der Waals surface area contributed by atoms with Crippen molar-refractivity contribution >= 4 is 5.69 Å². The Labute approximate surface area is 92.3 Å². The lowest BCUT2D eigenvalue weighted by Gasteiger charge is -2.21. The van der Waals surface area contributed by atoms with Crippen molar-refractivity contribution in [2.75, 3.05) is 11.9 Å². The molecular weight excluding hydrogens is 186 g/mol. The van der Waals surface area contributed by atoms with Crippen molar-refractivity contribution in [1.29, 1.82) is 0 Å². The van der Waals surface area contributed by atoms with Crippen LogP contribution in [0, 0.1) is 19.8 Å². The molecule has 0 saturated heterocycles. The number of benzene rings is 1. The van der Waals surface area contributed by atoms with E-state index in [1.54, 1.807) is 0 Å². The highest BCUT2D eigenvalue weighted by Crippen LogP contribution is 2.16. The van der Waals surface area contributed by atoms with Crippen LogP contribution in [0.4, 0.5) is 5.69 Å². The van der Waals surface area contributed by atoms with Crippen molar-refractivity contribution < 1.29 is 5.11 Å². The van der Waals surface area contributed by atoms with Crippen molar-refractivity contribution in [3.05, 3.63) is 29.3 Å². The van der Waals surface area contributed by atoms with Gasteiger partial charge in [-0.25, -0.2) is 0 Å². The van der Waals surface area contributed by atoms with Gasteiger partial charge in [-0.2, -0.15) is 0 Å². The third-order valence-corrected chi connectivity index (χ3v) is 2.58. The number of nitrogens with one attached hydrogen (secondary N) is 1. The highest BCUT2D eigenvalue weighted by Gasteiger charge is 2.11. The Morgan fingerprint density at radius 3 is 2.07 bits per heavy atom. The molecule has 0 aliphatic rings. The van der Waals surface area contributed by atoms with Crippen LogP contribution in [0.15, 0.2) is 18.2 Å². The van der Waals surface area contributed by atoms with Crippen molar-refractivity contribution in [2.45, 2.75) is 33.7 Å². The average Bonchev–Trinajstić information content (AvgIpc) is 2.12. The molecule has 1 unspecified atom stereocenters. The van der Waals surface area contributed by atoms with Crippen molar-refractivity contribution in [1.82, 2.24) is 0 Å². The Balaban J connectivity index is 2.79. The molecule has 2 nitrogen and oxygen atoms in total. The van der Waals surface area contributed by atoms with E-state index in [0.29, 0.717) is 5.92 Å². The summed E-state index contributed by atoms with van der Waals surface area (Å²) in [4.78, 5) is 0. The van der Waals surface area contributed by atoms with Gasteiger partial charge in [-0.1, -0.05) is 19.9 Å². The first-order chi connectivity index (χ1) is 7.02. The molecule has 1 rings (SSSR count). The molecule has 1 aromatic rings. The first-order valence-corrected chi connectivity index (χ1v) is 5.48. The molecule has 2 heteroatoms. The molecule has 0 fully saturated rings. The van der Waals surface area contributed by atoms with Gasteiger partial charge in [0.1, 0.15) is 0 Å². The topological polar surface area (TPSA) is 32.3 Å². The highest BCUT2D eigenvalue weighted by atomic mass is 16.3. The van der Waals surface area contributed by atoms with Crippen molar-refractivity contribution in [3.8, 4) is 0 Å². The molecule has 1 atom stereocenters. The molecule has 0 heterocycles. The van der Waals surface area contributed by atoms with Gasteiger partial charge in [0.05, 0.1) is 12.6 Å². The maximum atomic E-state index is 9.23. The number of aryl methyl sites for hydroxylation is 2. The van der Waals surface area contributed by atoms with E-state index in [4.69, 9.17) is 0 Å². The quantitative estimate of drug-likeness (QED) is 0.795. The minimum atomic E-state index is 0.131. The van der Waals surface area contributed by atoms with Crippen LogP contribution in [0.25, 0.3) is 0 Å². The van der Waals surface area contributed by atoms with E-state index in [1.165, 1.54) is 11.1 Å². The molecule has 0 radical (unpaired) electrons. The summed E-state index contributed by atoms with van der Waals surface area (Å²) >= 11 is 0. The van der Waals surface area contributed by atoms with Crippen LogP contribution in [0.3, 0.4) is 0 Å². The Hall–Kier alpha value is -1.02. The maximum Gasteiger partial charge on any atom is 0.0635 e. The van der Waals surface area contributed by atoms with E-state index in [0.717, 1.165) is 5.69 Å². The van der Waals surface area contributed by atoms with E-state index in [-0.39, 0.29) is 12.6 Å². The van der Waals surface area contributed by atoms with Gasteiger partial charge in [0.15, 0.2) is 0 Å². The first-order valence-electron chi connectivity index (χ1n) is 5.48. The fourth-order valence-corrected chi connectivity index (χ4v) is 1.70. The van der Waals surface area contributed by atoms with E-state index in [2.05, 4.69) is 51.2 Å². The minimum absolute atomic E-state index is 0.131. The molecule has 15 heavy (non-hydrogen) atoms. The van der Waals surface area contributed by atoms with Gasteiger partial charge in [-0.05, 0) is 43.0 Å². The van der Waals surface area contributed by atoms with Crippen LogP contribution in [0.5, 0.6) is 0 Å². The molecule has 0 spiro atoms. The summed E-state index contributed by atoms with van der Waals surface area (Å²) in [7, 11) is 0. The second-order valence-corrected chi connectivity index (χ2v) is 4.55. The lowest BCUT2D eigenvalue weighted by atomic mass is 10.0. The highest BCUT2D eigenvalue weighted by molar-refractivity contribution is 5.49. The number of aliphatic hydroxyl groups is 1. The van der Waals surface area contributed by atoms with Gasteiger partial charge < -0.3 is 10.4 Å². The predicted octanol–water partition coefficient (Wildman–Crippen LogP) is 2.73. The van der Waals surface area contributed by atoms with Gasteiger partial charge >= 0.3 is 0 Å². The van der Waals surface area contributed by atoms with Crippen LogP contribution in [-0.2, 0) is 0 Å². The number of anilines is 1. The fourth-order valence-electron chi connectivity index (χ4n) is 1.70. The van der Waals surface area contributed by atoms with E-state index < -0.39 is 0 Å². The zero-order valence-electron chi connectivity index (χ0n) is 10.0. The molecule has 0 amide bonds. The zero-order valence-corrected chi connectivity index (χ0v) is 10.0. The monoisotopic (exact) mass is 207 g/mol. The van der Waals surface area contributed by atoms with E-state index in [1.807, 2.05) is 0 Å². The second kappa shape index (κ2) is 5.17. The number of aliphatic hydroxyl groups excluding tert-OH is 1. The van der Waals surface area contributed by atoms with Gasteiger partial charge in [0.2, 0.25) is 0 Å². The molecule has 0 saturated carbocycles. The number of hydrogen-bond acceptors (Lipinski definition) is 2. The SMILES string of the molecule is Cc1cc(C)cc(NC(CO)C(C)C)c1. The summed E-state index contributed by atoms with van der Waals surface area (Å²) in [6.45, 7) is 8.56. The summed E-state index contributed by atoms with van der Waals surface area (Å²) < 4.78 is 0. The van der Waals surface area contributed by atoms with Crippen molar-refractivity contribution in [2.24, 2.45) is 5.92 Å². The Morgan fingerprint density at radius 2 is 1.67 bits per heavy atom. The van der Waals surface area contributed by atoms with Crippen LogP contribution < -0.4 is 5.32 Å². The fraction of sp³-hybridized carbons (Fsp3) is 0.538. The van der Waals surface area contributed by atoms with Crippen LogP contribution in [-0.4, -0.2) is 17.8 Å². The van der Waals surface area contributed by atoms with Gasteiger partial charge in [-0.15, -0.1) is 0 Å². The summed E-state index contributed by atoms with van der Waals surface area (Å²) in [5, 5.41) is 12.6. The Kier molecular flexibility index (Phi) is 4.15. The molecule has 0 aliphatic heterocycles. The van der Waals surface area contributed by atoms with Crippen molar-refractivity contribution in [3.63, 3.8) is 0 Å². The van der Waals surface area contributed by atoms with Crippen LogP contribution in [0.2, 0.25) is 0 Å². The summed E-state index contributed by atoms with van der Waals surface area (Å²) in [6, 6.07) is 6.50. The van der Waals surface area contributed by atoms with Gasteiger partial charge in [-0.3, -0.25) is 0 Å². The number of rotatable bonds is 4. The molecule has 1 aromatic carbocycles. The third-order valence-electron chi connectivity index (χ3n) is 2.58. The molecule has 0 bridgehead atoms. The lowest BCUT2D eigenvalue weighted by molar-refractivity contribution is 0.249. The first kappa shape index (κ1) is 12.1. The number of hydrogen-bond donors (Lipinski definition) is 2. The smallest absolute Gasteiger partial charge is 0.0635 e. The van der Waals surface area contributed by atoms with Crippen LogP contribution in [0.1, 0.15) is 25.0 Å². The molecule has 0 aromatic heterocycles. The average molecular weight is 207 g/mol. The van der Waals surface area contributed by atoms with E-state index in [9.17, 15) is 5.11 Å². The van der Waals surface area contributed by atoms with Gasteiger partial charge in [0, 0.05) is 5.69 Å². The van der Waals surface area contributed by atoms with E-state index >= 15 is 0 Å².